The molecule has 0 amide bonds. The van der Waals surface area contributed by atoms with E-state index < -0.39 is 0 Å². The normalized spacial score (nSPS) is 10.9. The molecule has 4 nitrogen and oxygen atoms in total. The molecular weight excluding hydrogens is 212 g/mol. The molecule has 1 N–H and O–H groups in total. The molecule has 0 saturated heterocycles. The molecule has 17 heavy (non-hydrogen) atoms. The molecule has 0 aliphatic carbocycles. The topological polar surface area (TPSA) is 44.8 Å². The van der Waals surface area contributed by atoms with E-state index in [-0.39, 0.29) is 0 Å². The summed E-state index contributed by atoms with van der Waals surface area (Å²) in [6.07, 6.45) is 1.76. The van der Waals surface area contributed by atoms with Gasteiger partial charge in [0.25, 0.3) is 0 Å². The Kier molecular flexibility index (Phi) is 3.13. The monoisotopic (exact) mass is 230 g/mol. The van der Waals surface area contributed by atoms with Crippen molar-refractivity contribution in [2.75, 3.05) is 11.9 Å². The molecule has 4 heteroatoms. The van der Waals surface area contributed by atoms with Gasteiger partial charge in [-0.25, -0.2) is 4.98 Å². The third kappa shape index (κ3) is 2.46. The fraction of sp³-hybridized carbons (Fsp3) is 0.385. The zero-order chi connectivity index (χ0) is 12.4. The summed E-state index contributed by atoms with van der Waals surface area (Å²) in [7, 11) is 2.06. The van der Waals surface area contributed by atoms with Crippen LogP contribution < -0.4 is 4.90 Å². The maximum Gasteiger partial charge on any atom is 0.129 e. The molecule has 0 bridgehead atoms. The second kappa shape index (κ2) is 4.57. The lowest BCUT2D eigenvalue weighted by atomic mass is 10.1. The summed E-state index contributed by atoms with van der Waals surface area (Å²) in [6.45, 7) is 6.32. The smallest absolute Gasteiger partial charge is 0.129 e. The van der Waals surface area contributed by atoms with Crippen LogP contribution in [0.1, 0.15) is 19.5 Å². The summed E-state index contributed by atoms with van der Waals surface area (Å²) in [5.41, 5.74) is 3.16. The first-order valence-corrected chi connectivity index (χ1v) is 5.79. The predicted octanol–water partition coefficient (Wildman–Crippen LogP) is 2.62. The molecule has 2 heterocycles. The van der Waals surface area contributed by atoms with E-state index in [1.54, 1.807) is 6.20 Å². The third-order valence-electron chi connectivity index (χ3n) is 2.89. The minimum absolute atomic E-state index is 0.430. The standard InChI is InChI=1S/C13H18N4/c1-9(2)17(4)13-8-11(7-10(3)15-13)12-5-6-14-16-12/h5-9H,1-4H3,(H,14,16). The summed E-state index contributed by atoms with van der Waals surface area (Å²) >= 11 is 0. The highest BCUT2D eigenvalue weighted by molar-refractivity contribution is 5.63. The number of pyridine rings is 1. The van der Waals surface area contributed by atoms with E-state index in [1.807, 2.05) is 13.0 Å². The molecule has 0 saturated carbocycles. The van der Waals surface area contributed by atoms with Gasteiger partial charge >= 0.3 is 0 Å². The van der Waals surface area contributed by atoms with Crippen LogP contribution in [0.4, 0.5) is 5.82 Å². The van der Waals surface area contributed by atoms with Gasteiger partial charge in [-0.3, -0.25) is 5.10 Å². The second-order valence-corrected chi connectivity index (χ2v) is 4.53. The Bertz CT molecular complexity index is 488. The molecule has 2 aromatic rings. The van der Waals surface area contributed by atoms with Gasteiger partial charge in [0.05, 0.1) is 5.69 Å². The number of aromatic nitrogens is 3. The Balaban J connectivity index is 2.43. The summed E-state index contributed by atoms with van der Waals surface area (Å²) in [4.78, 5) is 6.72. The number of H-pyrrole nitrogens is 1. The van der Waals surface area contributed by atoms with Crippen LogP contribution in [-0.2, 0) is 0 Å². The van der Waals surface area contributed by atoms with Crippen molar-refractivity contribution in [2.45, 2.75) is 26.8 Å². The van der Waals surface area contributed by atoms with Gasteiger partial charge in [0, 0.05) is 30.5 Å². The third-order valence-corrected chi connectivity index (χ3v) is 2.89. The lowest BCUT2D eigenvalue weighted by Crippen LogP contribution is -2.26. The predicted molar refractivity (Wildman–Crippen MR) is 70.1 cm³/mol. The first-order chi connectivity index (χ1) is 8.08. The van der Waals surface area contributed by atoms with Gasteiger partial charge in [-0.2, -0.15) is 5.10 Å². The molecule has 0 fully saturated rings. The molecule has 0 aliphatic heterocycles. The van der Waals surface area contributed by atoms with Gasteiger partial charge in [0.15, 0.2) is 0 Å². The molecule has 0 aliphatic rings. The van der Waals surface area contributed by atoms with Crippen molar-refractivity contribution in [1.29, 1.82) is 0 Å². The first-order valence-electron chi connectivity index (χ1n) is 5.79. The molecule has 0 spiro atoms. The average Bonchev–Trinajstić information content (AvgIpc) is 2.80. The van der Waals surface area contributed by atoms with Crippen LogP contribution in [0.15, 0.2) is 24.4 Å². The van der Waals surface area contributed by atoms with Gasteiger partial charge in [0.2, 0.25) is 0 Å². The van der Waals surface area contributed by atoms with E-state index in [0.717, 1.165) is 22.8 Å². The average molecular weight is 230 g/mol. The molecular formula is C13H18N4. The van der Waals surface area contributed by atoms with Crippen LogP contribution in [0.5, 0.6) is 0 Å². The Hall–Kier alpha value is -1.84. The second-order valence-electron chi connectivity index (χ2n) is 4.53. The lowest BCUT2D eigenvalue weighted by Gasteiger charge is -2.23. The van der Waals surface area contributed by atoms with E-state index in [1.165, 1.54) is 0 Å². The van der Waals surface area contributed by atoms with Crippen molar-refractivity contribution in [2.24, 2.45) is 0 Å². The molecule has 0 aromatic carbocycles. The molecule has 0 radical (unpaired) electrons. The van der Waals surface area contributed by atoms with Crippen LogP contribution in [0.2, 0.25) is 0 Å². The summed E-state index contributed by atoms with van der Waals surface area (Å²) in [5, 5.41) is 6.96. The fourth-order valence-corrected chi connectivity index (χ4v) is 1.67. The van der Waals surface area contributed by atoms with Crippen LogP contribution in [0, 0.1) is 6.92 Å². The van der Waals surface area contributed by atoms with Crippen molar-refractivity contribution < 1.29 is 0 Å². The van der Waals surface area contributed by atoms with Gasteiger partial charge in [0.1, 0.15) is 5.82 Å². The minimum Gasteiger partial charge on any atom is -0.357 e. The number of nitrogens with one attached hydrogen (secondary N) is 1. The van der Waals surface area contributed by atoms with Gasteiger partial charge in [-0.05, 0) is 39.0 Å². The van der Waals surface area contributed by atoms with E-state index >= 15 is 0 Å². The number of nitrogens with zero attached hydrogens (tertiary/aromatic N) is 3. The van der Waals surface area contributed by atoms with E-state index in [0.29, 0.717) is 6.04 Å². The van der Waals surface area contributed by atoms with E-state index in [2.05, 4.69) is 53.1 Å². The molecule has 0 unspecified atom stereocenters. The largest absolute Gasteiger partial charge is 0.357 e. The fourth-order valence-electron chi connectivity index (χ4n) is 1.67. The zero-order valence-corrected chi connectivity index (χ0v) is 10.7. The number of anilines is 1. The number of aromatic amines is 1. The first kappa shape index (κ1) is 11.6. The number of hydrogen-bond acceptors (Lipinski definition) is 3. The summed E-state index contributed by atoms with van der Waals surface area (Å²) in [5.74, 6) is 0.990. The molecule has 90 valence electrons. The maximum absolute atomic E-state index is 4.56. The van der Waals surface area contributed by atoms with Crippen molar-refractivity contribution in [1.82, 2.24) is 15.2 Å². The molecule has 2 aromatic heterocycles. The van der Waals surface area contributed by atoms with Crippen LogP contribution in [0.25, 0.3) is 11.3 Å². The molecule has 0 atom stereocenters. The highest BCUT2D eigenvalue weighted by atomic mass is 15.2. The van der Waals surface area contributed by atoms with Crippen molar-refractivity contribution >= 4 is 5.82 Å². The Morgan fingerprint density at radius 3 is 2.65 bits per heavy atom. The van der Waals surface area contributed by atoms with Gasteiger partial charge in [-0.15, -0.1) is 0 Å². The van der Waals surface area contributed by atoms with E-state index in [4.69, 9.17) is 0 Å². The van der Waals surface area contributed by atoms with Gasteiger partial charge in [-0.1, -0.05) is 0 Å². The summed E-state index contributed by atoms with van der Waals surface area (Å²) in [6, 6.07) is 6.54. The number of rotatable bonds is 3. The van der Waals surface area contributed by atoms with Crippen LogP contribution in [0.3, 0.4) is 0 Å². The number of aryl methyl sites for hydroxylation is 1. The summed E-state index contributed by atoms with van der Waals surface area (Å²) < 4.78 is 0. The molecule has 2 rings (SSSR count). The Morgan fingerprint density at radius 2 is 2.06 bits per heavy atom. The van der Waals surface area contributed by atoms with Crippen molar-refractivity contribution in [3.63, 3.8) is 0 Å². The number of hydrogen-bond donors (Lipinski definition) is 1. The van der Waals surface area contributed by atoms with Crippen molar-refractivity contribution in [3.05, 3.63) is 30.1 Å². The lowest BCUT2D eigenvalue weighted by molar-refractivity contribution is 0.742. The van der Waals surface area contributed by atoms with Crippen molar-refractivity contribution in [3.8, 4) is 11.3 Å². The minimum atomic E-state index is 0.430. The van der Waals surface area contributed by atoms with Crippen LogP contribution in [-0.4, -0.2) is 28.3 Å². The van der Waals surface area contributed by atoms with E-state index in [9.17, 15) is 0 Å². The maximum atomic E-state index is 4.56. The highest BCUT2D eigenvalue weighted by Crippen LogP contribution is 2.22. The Labute approximate surface area is 102 Å². The van der Waals surface area contributed by atoms with Crippen LogP contribution >= 0.6 is 0 Å². The quantitative estimate of drug-likeness (QED) is 0.881. The zero-order valence-electron chi connectivity index (χ0n) is 10.7. The van der Waals surface area contributed by atoms with Gasteiger partial charge < -0.3 is 4.90 Å². The Morgan fingerprint density at radius 1 is 1.29 bits per heavy atom. The highest BCUT2D eigenvalue weighted by Gasteiger charge is 2.09. The SMILES string of the molecule is Cc1cc(-c2ccn[nH]2)cc(N(C)C(C)C)n1.